The van der Waals surface area contributed by atoms with Crippen molar-refractivity contribution in [2.45, 2.75) is 20.0 Å². The van der Waals surface area contributed by atoms with Crippen LogP contribution in [0.4, 0.5) is 0 Å². The van der Waals surface area contributed by atoms with Gasteiger partial charge < -0.3 is 5.73 Å². The van der Waals surface area contributed by atoms with E-state index in [2.05, 4.69) is 5.10 Å². The maximum Gasteiger partial charge on any atom is 0.0941 e. The first kappa shape index (κ1) is 9.49. The van der Waals surface area contributed by atoms with Gasteiger partial charge in [-0.15, -0.1) is 0 Å². The average Bonchev–Trinajstić information content (AvgIpc) is 2.54. The molecule has 74 valence electrons. The molecular weight excluding hydrogens is 198 g/mol. The van der Waals surface area contributed by atoms with Gasteiger partial charge in [-0.2, -0.15) is 5.10 Å². The number of aryl methyl sites for hydroxylation is 1. The van der Waals surface area contributed by atoms with Crippen molar-refractivity contribution in [2.75, 3.05) is 0 Å². The summed E-state index contributed by atoms with van der Waals surface area (Å²) in [5.74, 6) is 0. The summed E-state index contributed by atoms with van der Waals surface area (Å²) in [5.41, 5.74) is 7.67. The number of hydrogen-bond donors (Lipinski definition) is 1. The van der Waals surface area contributed by atoms with Crippen molar-refractivity contribution in [3.63, 3.8) is 0 Å². The van der Waals surface area contributed by atoms with Gasteiger partial charge in [-0.25, -0.2) is 0 Å². The van der Waals surface area contributed by atoms with Crippen LogP contribution in [0.5, 0.6) is 0 Å². The maximum atomic E-state index is 5.89. The largest absolute Gasteiger partial charge is 0.325 e. The van der Waals surface area contributed by atoms with E-state index >= 15 is 0 Å². The lowest BCUT2D eigenvalue weighted by Crippen LogP contribution is -2.07. The van der Waals surface area contributed by atoms with Crippen LogP contribution in [0.25, 0.3) is 10.9 Å². The van der Waals surface area contributed by atoms with E-state index in [1.165, 1.54) is 0 Å². The molecule has 0 unspecified atom stereocenters. The molecule has 0 atom stereocenters. The van der Waals surface area contributed by atoms with E-state index in [0.29, 0.717) is 11.6 Å². The summed E-state index contributed by atoms with van der Waals surface area (Å²) in [6.45, 7) is 3.39. The number of aromatic nitrogens is 2. The minimum atomic E-state index is 0.506. The topological polar surface area (TPSA) is 43.8 Å². The lowest BCUT2D eigenvalue weighted by Gasteiger charge is -2.00. The Labute approximate surface area is 87.5 Å². The molecule has 0 saturated carbocycles. The summed E-state index contributed by atoms with van der Waals surface area (Å²) in [6, 6.07) is 5.70. The Balaban J connectivity index is 2.73. The highest BCUT2D eigenvalue weighted by molar-refractivity contribution is 6.31. The molecule has 0 aliphatic heterocycles. The number of nitrogens with two attached hydrogens (primary N) is 1. The van der Waals surface area contributed by atoms with E-state index < -0.39 is 0 Å². The van der Waals surface area contributed by atoms with E-state index in [9.17, 15) is 0 Å². The van der Waals surface area contributed by atoms with Crippen LogP contribution < -0.4 is 5.73 Å². The molecular formula is C10H12ClN3. The maximum absolute atomic E-state index is 5.89. The van der Waals surface area contributed by atoms with Gasteiger partial charge in [0.2, 0.25) is 0 Å². The number of rotatable bonds is 2. The molecule has 2 aromatic rings. The third-order valence-corrected chi connectivity index (χ3v) is 2.54. The van der Waals surface area contributed by atoms with Crippen LogP contribution in [0, 0.1) is 0 Å². The molecule has 0 fully saturated rings. The van der Waals surface area contributed by atoms with Crippen molar-refractivity contribution in [2.24, 2.45) is 5.73 Å². The summed E-state index contributed by atoms with van der Waals surface area (Å²) in [5, 5.41) is 6.22. The Hall–Kier alpha value is -1.06. The molecule has 14 heavy (non-hydrogen) atoms. The highest BCUT2D eigenvalue weighted by Crippen LogP contribution is 2.21. The highest BCUT2D eigenvalue weighted by Gasteiger charge is 2.08. The predicted octanol–water partition coefficient (Wildman–Crippen LogP) is 2.17. The number of hydrogen-bond acceptors (Lipinski definition) is 2. The van der Waals surface area contributed by atoms with Crippen LogP contribution in [0.1, 0.15) is 12.6 Å². The fourth-order valence-corrected chi connectivity index (χ4v) is 1.80. The minimum Gasteiger partial charge on any atom is -0.325 e. The second-order valence-electron chi connectivity index (χ2n) is 3.13. The van der Waals surface area contributed by atoms with Crippen molar-refractivity contribution in [1.82, 2.24) is 9.78 Å². The van der Waals surface area contributed by atoms with Gasteiger partial charge in [-0.3, -0.25) is 4.68 Å². The third-order valence-electron chi connectivity index (χ3n) is 2.30. The number of nitrogens with zero attached hydrogens (tertiary/aromatic N) is 2. The van der Waals surface area contributed by atoms with Gasteiger partial charge in [0.25, 0.3) is 0 Å². The average molecular weight is 210 g/mol. The summed E-state index contributed by atoms with van der Waals surface area (Å²) in [4.78, 5) is 0. The predicted molar refractivity (Wildman–Crippen MR) is 58.3 cm³/mol. The molecule has 0 aliphatic rings. The molecule has 3 nitrogen and oxygen atoms in total. The zero-order chi connectivity index (χ0) is 10.1. The summed E-state index contributed by atoms with van der Waals surface area (Å²) >= 11 is 5.89. The van der Waals surface area contributed by atoms with Gasteiger partial charge in [-0.1, -0.05) is 11.6 Å². The Morgan fingerprint density at radius 1 is 1.50 bits per heavy atom. The molecule has 2 N–H and O–H groups in total. The van der Waals surface area contributed by atoms with Gasteiger partial charge >= 0.3 is 0 Å². The van der Waals surface area contributed by atoms with Gasteiger partial charge in [0.15, 0.2) is 0 Å². The normalized spacial score (nSPS) is 11.1. The zero-order valence-electron chi connectivity index (χ0n) is 8.00. The molecule has 1 aromatic carbocycles. The Morgan fingerprint density at radius 2 is 2.29 bits per heavy atom. The first-order valence-corrected chi connectivity index (χ1v) is 4.99. The molecule has 2 rings (SSSR count). The van der Waals surface area contributed by atoms with Crippen molar-refractivity contribution in [3.05, 3.63) is 28.9 Å². The second-order valence-corrected chi connectivity index (χ2v) is 3.56. The Morgan fingerprint density at radius 3 is 2.93 bits per heavy atom. The molecule has 0 radical (unpaired) electrons. The van der Waals surface area contributed by atoms with Crippen molar-refractivity contribution >= 4 is 22.5 Å². The highest BCUT2D eigenvalue weighted by atomic mass is 35.5. The minimum absolute atomic E-state index is 0.506. The second kappa shape index (κ2) is 3.59. The first-order chi connectivity index (χ1) is 6.76. The smallest absolute Gasteiger partial charge is 0.0941 e. The van der Waals surface area contributed by atoms with Crippen molar-refractivity contribution in [1.29, 1.82) is 0 Å². The fourth-order valence-electron chi connectivity index (χ4n) is 1.64. The molecule has 0 aliphatic carbocycles. The SMILES string of the molecule is CCn1nc2cc(Cl)ccc2c1CN. The number of benzene rings is 1. The van der Waals surface area contributed by atoms with Gasteiger partial charge in [0.1, 0.15) is 0 Å². The van der Waals surface area contributed by atoms with Crippen LogP contribution in [-0.2, 0) is 13.1 Å². The molecule has 0 amide bonds. The van der Waals surface area contributed by atoms with Crippen molar-refractivity contribution in [3.8, 4) is 0 Å². The van der Waals surface area contributed by atoms with Gasteiger partial charge in [0, 0.05) is 23.5 Å². The van der Waals surface area contributed by atoms with Crippen molar-refractivity contribution < 1.29 is 0 Å². The lowest BCUT2D eigenvalue weighted by atomic mass is 10.2. The first-order valence-electron chi connectivity index (χ1n) is 4.61. The molecule has 1 heterocycles. The summed E-state index contributed by atoms with van der Waals surface area (Å²) < 4.78 is 1.92. The van der Waals surface area contributed by atoms with E-state index in [1.54, 1.807) is 0 Å². The van der Waals surface area contributed by atoms with Gasteiger partial charge in [0.05, 0.1) is 11.2 Å². The van der Waals surface area contributed by atoms with Crippen LogP contribution in [0.2, 0.25) is 5.02 Å². The van der Waals surface area contributed by atoms with Crippen LogP contribution in [0.15, 0.2) is 18.2 Å². The molecule has 4 heteroatoms. The van der Waals surface area contributed by atoms with Gasteiger partial charge in [-0.05, 0) is 25.1 Å². The molecule has 0 bridgehead atoms. The van der Waals surface area contributed by atoms with Crippen LogP contribution >= 0.6 is 11.6 Å². The van der Waals surface area contributed by atoms with Crippen LogP contribution in [0.3, 0.4) is 0 Å². The molecule has 0 spiro atoms. The number of halogens is 1. The molecule has 1 aromatic heterocycles. The lowest BCUT2D eigenvalue weighted by molar-refractivity contribution is 0.630. The summed E-state index contributed by atoms with van der Waals surface area (Å²) in [7, 11) is 0. The quantitative estimate of drug-likeness (QED) is 0.824. The third kappa shape index (κ3) is 1.38. The van der Waals surface area contributed by atoms with E-state index in [4.69, 9.17) is 17.3 Å². The van der Waals surface area contributed by atoms with E-state index in [0.717, 1.165) is 23.1 Å². The zero-order valence-corrected chi connectivity index (χ0v) is 8.75. The number of fused-ring (bicyclic) bond motifs is 1. The Bertz CT molecular complexity index is 462. The fraction of sp³-hybridized carbons (Fsp3) is 0.300. The Kier molecular flexibility index (Phi) is 2.44. The van der Waals surface area contributed by atoms with Crippen LogP contribution in [-0.4, -0.2) is 9.78 Å². The summed E-state index contributed by atoms with van der Waals surface area (Å²) in [6.07, 6.45) is 0. The van der Waals surface area contributed by atoms with E-state index in [1.807, 2.05) is 29.8 Å². The monoisotopic (exact) mass is 209 g/mol. The van der Waals surface area contributed by atoms with E-state index in [-0.39, 0.29) is 0 Å². The molecule has 0 saturated heterocycles. The standard InChI is InChI=1S/C10H12ClN3/c1-2-14-10(6-12)8-4-3-7(11)5-9(8)13-14/h3-5H,2,6,12H2,1H3.